The van der Waals surface area contributed by atoms with Crippen LogP contribution >= 0.6 is 0 Å². The van der Waals surface area contributed by atoms with Gasteiger partial charge < -0.3 is 15.3 Å². The normalized spacial score (nSPS) is 18.9. The maximum Gasteiger partial charge on any atom is 0.115 e. The van der Waals surface area contributed by atoms with E-state index in [-0.39, 0.29) is 28.6 Å². The summed E-state index contributed by atoms with van der Waals surface area (Å²) in [6, 6.07) is 22.6. The zero-order valence-electron chi connectivity index (χ0n) is 15.2. The van der Waals surface area contributed by atoms with E-state index >= 15 is 0 Å². The molecule has 0 aromatic heterocycles. The van der Waals surface area contributed by atoms with Gasteiger partial charge in [0.2, 0.25) is 0 Å². The van der Waals surface area contributed by atoms with Crippen LogP contribution in [0.2, 0.25) is 0 Å². The summed E-state index contributed by atoms with van der Waals surface area (Å²) in [6.45, 7) is 0. The van der Waals surface area contributed by atoms with E-state index in [4.69, 9.17) is 0 Å². The minimum atomic E-state index is -0.239. The zero-order chi connectivity index (χ0) is 18.9. The predicted molar refractivity (Wildman–Crippen MR) is 106 cm³/mol. The molecule has 3 aromatic carbocycles. The van der Waals surface area contributed by atoms with Crippen molar-refractivity contribution >= 4 is 0 Å². The third kappa shape index (κ3) is 3.14. The third-order valence-electron chi connectivity index (χ3n) is 5.97. The van der Waals surface area contributed by atoms with Crippen LogP contribution in [0.3, 0.4) is 0 Å². The van der Waals surface area contributed by atoms with Crippen molar-refractivity contribution in [3.8, 4) is 17.2 Å². The fourth-order valence-corrected chi connectivity index (χ4v) is 4.71. The first-order chi connectivity index (χ1) is 13.1. The van der Waals surface area contributed by atoms with Crippen molar-refractivity contribution in [3.63, 3.8) is 0 Å². The summed E-state index contributed by atoms with van der Waals surface area (Å²) in [4.78, 5) is 0. The molecule has 3 heteroatoms. The molecule has 3 N–H and O–H groups in total. The van der Waals surface area contributed by atoms with E-state index < -0.39 is 0 Å². The minimum absolute atomic E-state index is 0.239. The van der Waals surface area contributed by atoms with E-state index in [1.807, 2.05) is 36.4 Å². The average molecular weight is 360 g/mol. The maximum atomic E-state index is 9.80. The van der Waals surface area contributed by atoms with Crippen LogP contribution in [0.1, 0.15) is 48.3 Å². The summed E-state index contributed by atoms with van der Waals surface area (Å²) < 4.78 is 0. The number of phenolic OH excluding ortho intramolecular Hbond substituents is 3. The fourth-order valence-electron chi connectivity index (χ4n) is 4.71. The van der Waals surface area contributed by atoms with Crippen LogP contribution in [0.4, 0.5) is 0 Å². The standard InChI is InChI=1S/C24H24O3/c25-20-10-4-17(5-11-20)23-3-1-2-16-24(23,18-6-12-21(26)13-7-18)19-8-14-22(27)15-9-19/h4-15,23,25-27H,1-3,16H2. The molecule has 0 heterocycles. The van der Waals surface area contributed by atoms with E-state index in [0.717, 1.165) is 25.7 Å². The van der Waals surface area contributed by atoms with Crippen LogP contribution in [-0.4, -0.2) is 15.3 Å². The molecular formula is C24H24O3. The van der Waals surface area contributed by atoms with Gasteiger partial charge in [-0.15, -0.1) is 0 Å². The van der Waals surface area contributed by atoms with Gasteiger partial charge >= 0.3 is 0 Å². The number of hydrogen-bond acceptors (Lipinski definition) is 3. The van der Waals surface area contributed by atoms with Gasteiger partial charge in [0.25, 0.3) is 0 Å². The molecule has 1 atom stereocenters. The Bertz CT molecular complexity index is 850. The molecule has 1 fully saturated rings. The van der Waals surface area contributed by atoms with E-state index in [9.17, 15) is 15.3 Å². The van der Waals surface area contributed by atoms with Crippen LogP contribution < -0.4 is 0 Å². The first-order valence-electron chi connectivity index (χ1n) is 9.47. The summed E-state index contributed by atoms with van der Waals surface area (Å²) in [5.74, 6) is 1.04. The molecule has 1 saturated carbocycles. The van der Waals surface area contributed by atoms with E-state index in [1.54, 1.807) is 36.4 Å². The molecule has 4 rings (SSSR count). The van der Waals surface area contributed by atoms with Crippen molar-refractivity contribution in [3.05, 3.63) is 89.5 Å². The quantitative estimate of drug-likeness (QED) is 0.582. The number of benzene rings is 3. The Morgan fingerprint density at radius 2 is 1.04 bits per heavy atom. The number of rotatable bonds is 3. The second-order valence-corrected chi connectivity index (χ2v) is 7.46. The largest absolute Gasteiger partial charge is 0.508 e. The second kappa shape index (κ2) is 6.99. The highest BCUT2D eigenvalue weighted by Gasteiger charge is 2.44. The smallest absolute Gasteiger partial charge is 0.115 e. The van der Waals surface area contributed by atoms with E-state index in [2.05, 4.69) is 0 Å². The summed E-state index contributed by atoms with van der Waals surface area (Å²) in [6.07, 6.45) is 4.32. The molecule has 0 aliphatic heterocycles. The number of aromatic hydroxyl groups is 3. The van der Waals surface area contributed by atoms with E-state index in [0.29, 0.717) is 0 Å². The molecule has 1 unspecified atom stereocenters. The zero-order valence-corrected chi connectivity index (χ0v) is 15.2. The highest BCUT2D eigenvalue weighted by molar-refractivity contribution is 5.48. The van der Waals surface area contributed by atoms with Gasteiger partial charge in [-0.3, -0.25) is 0 Å². The predicted octanol–water partition coefficient (Wildman–Crippen LogP) is 5.45. The molecule has 27 heavy (non-hydrogen) atoms. The monoisotopic (exact) mass is 360 g/mol. The molecular weight excluding hydrogens is 336 g/mol. The van der Waals surface area contributed by atoms with Gasteiger partial charge in [0, 0.05) is 5.41 Å². The summed E-state index contributed by atoms with van der Waals surface area (Å²) in [5, 5.41) is 29.3. The Morgan fingerprint density at radius 1 is 0.593 bits per heavy atom. The van der Waals surface area contributed by atoms with Crippen LogP contribution in [0.15, 0.2) is 72.8 Å². The molecule has 0 spiro atoms. The van der Waals surface area contributed by atoms with Crippen molar-refractivity contribution in [2.45, 2.75) is 37.0 Å². The summed E-state index contributed by atoms with van der Waals surface area (Å²) in [7, 11) is 0. The Hall–Kier alpha value is -2.94. The lowest BCUT2D eigenvalue weighted by Crippen LogP contribution is -2.37. The van der Waals surface area contributed by atoms with Crippen molar-refractivity contribution in [2.24, 2.45) is 0 Å². The Labute approximate surface area is 159 Å². The topological polar surface area (TPSA) is 60.7 Å². The van der Waals surface area contributed by atoms with Gasteiger partial charge in [0.1, 0.15) is 17.2 Å². The van der Waals surface area contributed by atoms with Crippen molar-refractivity contribution in [2.75, 3.05) is 0 Å². The molecule has 3 nitrogen and oxygen atoms in total. The summed E-state index contributed by atoms with van der Waals surface area (Å²) in [5.41, 5.74) is 3.30. The van der Waals surface area contributed by atoms with Gasteiger partial charge in [-0.25, -0.2) is 0 Å². The lowest BCUT2D eigenvalue weighted by atomic mass is 9.57. The van der Waals surface area contributed by atoms with Crippen molar-refractivity contribution in [1.29, 1.82) is 0 Å². The molecule has 1 aliphatic carbocycles. The van der Waals surface area contributed by atoms with Gasteiger partial charge in [0.05, 0.1) is 0 Å². The van der Waals surface area contributed by atoms with Gasteiger partial charge in [-0.05, 0) is 71.8 Å². The van der Waals surface area contributed by atoms with Gasteiger partial charge in [-0.2, -0.15) is 0 Å². The first-order valence-corrected chi connectivity index (χ1v) is 9.47. The average Bonchev–Trinajstić information content (AvgIpc) is 2.70. The summed E-state index contributed by atoms with van der Waals surface area (Å²) >= 11 is 0. The van der Waals surface area contributed by atoms with E-state index in [1.165, 1.54) is 16.7 Å². The van der Waals surface area contributed by atoms with Crippen LogP contribution in [0, 0.1) is 0 Å². The lowest BCUT2D eigenvalue weighted by molar-refractivity contribution is 0.294. The van der Waals surface area contributed by atoms with Crippen molar-refractivity contribution < 1.29 is 15.3 Å². The highest BCUT2D eigenvalue weighted by Crippen LogP contribution is 2.53. The van der Waals surface area contributed by atoms with Gasteiger partial charge in [0.15, 0.2) is 0 Å². The third-order valence-corrected chi connectivity index (χ3v) is 5.97. The van der Waals surface area contributed by atoms with Gasteiger partial charge in [-0.1, -0.05) is 49.2 Å². The molecule has 1 aliphatic rings. The Kier molecular flexibility index (Phi) is 4.53. The maximum absolute atomic E-state index is 9.80. The lowest BCUT2D eigenvalue weighted by Gasteiger charge is -2.46. The molecule has 138 valence electrons. The van der Waals surface area contributed by atoms with Crippen LogP contribution in [0.5, 0.6) is 17.2 Å². The van der Waals surface area contributed by atoms with Crippen molar-refractivity contribution in [1.82, 2.24) is 0 Å². The Balaban J connectivity index is 1.92. The molecule has 0 amide bonds. The van der Waals surface area contributed by atoms with Crippen LogP contribution in [-0.2, 0) is 5.41 Å². The second-order valence-electron chi connectivity index (χ2n) is 7.46. The SMILES string of the molecule is Oc1ccc(C2CCCCC2(c2ccc(O)cc2)c2ccc(O)cc2)cc1. The first kappa shape index (κ1) is 17.5. The molecule has 0 bridgehead atoms. The molecule has 0 radical (unpaired) electrons. The van der Waals surface area contributed by atoms with Crippen LogP contribution in [0.25, 0.3) is 0 Å². The minimum Gasteiger partial charge on any atom is -0.508 e. The fraction of sp³-hybridized carbons (Fsp3) is 0.250. The number of phenols is 3. The molecule has 0 saturated heterocycles. The Morgan fingerprint density at radius 3 is 1.52 bits per heavy atom. The number of hydrogen-bond donors (Lipinski definition) is 3. The highest BCUT2D eigenvalue weighted by atomic mass is 16.3. The molecule has 3 aromatic rings.